The summed E-state index contributed by atoms with van der Waals surface area (Å²) < 4.78 is 11.4. The van der Waals surface area contributed by atoms with Gasteiger partial charge in [0.25, 0.3) is 0 Å². The summed E-state index contributed by atoms with van der Waals surface area (Å²) in [6.45, 7) is 2.29. The van der Waals surface area contributed by atoms with Crippen LogP contribution in [-0.2, 0) is 11.3 Å². The number of ether oxygens (including phenoxy) is 2. The Kier molecular flexibility index (Phi) is 7.13. The fourth-order valence-corrected chi connectivity index (χ4v) is 2.31. The van der Waals surface area contributed by atoms with Gasteiger partial charge in [-0.15, -0.1) is 0 Å². The first kappa shape index (κ1) is 19.7. The number of nitrogens with zero attached hydrogens (tertiary/aromatic N) is 2. The SMILES string of the molecule is CCC(=N)/C(Oc1cc(C#N)cc(C#N)c1)=C(\N)COCc1ccccc1. The summed E-state index contributed by atoms with van der Waals surface area (Å²) in [6, 6.07) is 18.1. The van der Waals surface area contributed by atoms with Gasteiger partial charge in [0, 0.05) is 0 Å². The van der Waals surface area contributed by atoms with E-state index in [1.54, 1.807) is 0 Å². The molecule has 3 N–H and O–H groups in total. The average molecular weight is 360 g/mol. The van der Waals surface area contributed by atoms with Crippen LogP contribution in [0.4, 0.5) is 0 Å². The van der Waals surface area contributed by atoms with E-state index in [4.69, 9.17) is 31.1 Å². The van der Waals surface area contributed by atoms with E-state index < -0.39 is 0 Å². The van der Waals surface area contributed by atoms with Crippen LogP contribution in [0, 0.1) is 28.1 Å². The third-order valence-electron chi connectivity index (χ3n) is 3.67. The Labute approximate surface area is 158 Å². The van der Waals surface area contributed by atoms with E-state index in [9.17, 15) is 0 Å². The zero-order chi connectivity index (χ0) is 19.6. The summed E-state index contributed by atoms with van der Waals surface area (Å²) >= 11 is 0. The average Bonchev–Trinajstić information content (AvgIpc) is 2.71. The van der Waals surface area contributed by atoms with Gasteiger partial charge in [0.15, 0.2) is 5.76 Å². The van der Waals surface area contributed by atoms with Gasteiger partial charge >= 0.3 is 0 Å². The van der Waals surface area contributed by atoms with Gasteiger partial charge in [-0.25, -0.2) is 0 Å². The Morgan fingerprint density at radius 1 is 1.07 bits per heavy atom. The Morgan fingerprint density at radius 2 is 1.70 bits per heavy atom. The molecule has 0 saturated heterocycles. The maximum Gasteiger partial charge on any atom is 0.169 e. The second kappa shape index (κ2) is 9.76. The van der Waals surface area contributed by atoms with E-state index in [1.807, 2.05) is 49.4 Å². The molecule has 0 radical (unpaired) electrons. The molecule has 6 nitrogen and oxygen atoms in total. The third-order valence-corrected chi connectivity index (χ3v) is 3.67. The van der Waals surface area contributed by atoms with E-state index >= 15 is 0 Å². The van der Waals surface area contributed by atoms with Crippen LogP contribution in [0.15, 0.2) is 60.0 Å². The van der Waals surface area contributed by atoms with Gasteiger partial charge in [0.2, 0.25) is 0 Å². The maximum absolute atomic E-state index is 9.09. The molecule has 0 atom stereocenters. The Balaban J connectivity index is 2.19. The van der Waals surface area contributed by atoms with Crippen LogP contribution in [0.1, 0.15) is 30.0 Å². The van der Waals surface area contributed by atoms with Crippen molar-refractivity contribution in [1.29, 1.82) is 15.9 Å². The minimum atomic E-state index is 0.0929. The molecule has 2 aromatic carbocycles. The van der Waals surface area contributed by atoms with Gasteiger partial charge in [0.05, 0.1) is 47.9 Å². The highest BCUT2D eigenvalue weighted by atomic mass is 16.5. The molecule has 0 heterocycles. The first-order chi connectivity index (χ1) is 13.1. The van der Waals surface area contributed by atoms with Crippen molar-refractivity contribution in [3.63, 3.8) is 0 Å². The van der Waals surface area contributed by atoms with E-state index in [-0.39, 0.29) is 29.5 Å². The Hall–Kier alpha value is -3.61. The zero-order valence-electron chi connectivity index (χ0n) is 15.0. The van der Waals surface area contributed by atoms with E-state index in [0.717, 1.165) is 5.56 Å². The van der Waals surface area contributed by atoms with Crippen molar-refractivity contribution >= 4 is 5.71 Å². The van der Waals surface area contributed by atoms with Crippen LogP contribution in [0.2, 0.25) is 0 Å². The number of hydrogen-bond donors (Lipinski definition) is 2. The largest absolute Gasteiger partial charge is 0.453 e. The molecular weight excluding hydrogens is 340 g/mol. The number of hydrogen-bond acceptors (Lipinski definition) is 6. The highest BCUT2D eigenvalue weighted by Gasteiger charge is 2.13. The summed E-state index contributed by atoms with van der Waals surface area (Å²) in [7, 11) is 0. The van der Waals surface area contributed by atoms with Gasteiger partial charge in [-0.05, 0) is 30.2 Å². The summed E-state index contributed by atoms with van der Waals surface area (Å²) in [4.78, 5) is 0. The van der Waals surface area contributed by atoms with Gasteiger partial charge in [0.1, 0.15) is 5.75 Å². The lowest BCUT2D eigenvalue weighted by Crippen LogP contribution is -2.19. The van der Waals surface area contributed by atoms with Gasteiger partial charge in [-0.1, -0.05) is 37.3 Å². The molecule has 0 spiro atoms. The van der Waals surface area contributed by atoms with Crippen LogP contribution in [-0.4, -0.2) is 12.3 Å². The molecule has 2 aromatic rings. The highest BCUT2D eigenvalue weighted by molar-refractivity contribution is 5.96. The molecule has 0 amide bonds. The van der Waals surface area contributed by atoms with Gasteiger partial charge < -0.3 is 20.6 Å². The molecule has 27 heavy (non-hydrogen) atoms. The quantitative estimate of drug-likeness (QED) is 0.551. The molecule has 0 aliphatic heterocycles. The van der Waals surface area contributed by atoms with Crippen LogP contribution in [0.5, 0.6) is 5.75 Å². The van der Waals surface area contributed by atoms with Gasteiger partial charge in [-0.2, -0.15) is 10.5 Å². The number of nitrogens with one attached hydrogen (secondary N) is 1. The van der Waals surface area contributed by atoms with Crippen molar-refractivity contribution in [2.45, 2.75) is 20.0 Å². The van der Waals surface area contributed by atoms with E-state index in [2.05, 4.69) is 0 Å². The predicted molar refractivity (Wildman–Crippen MR) is 102 cm³/mol. The molecule has 0 unspecified atom stereocenters. The highest BCUT2D eigenvalue weighted by Crippen LogP contribution is 2.21. The fraction of sp³-hybridized carbons (Fsp3) is 0.190. The lowest BCUT2D eigenvalue weighted by Gasteiger charge is -2.15. The normalized spacial score (nSPS) is 11.1. The molecule has 0 fully saturated rings. The fourth-order valence-electron chi connectivity index (χ4n) is 2.31. The predicted octanol–water partition coefficient (Wildman–Crippen LogP) is 3.63. The first-order valence-electron chi connectivity index (χ1n) is 8.38. The van der Waals surface area contributed by atoms with Crippen molar-refractivity contribution in [3.8, 4) is 17.9 Å². The molecular formula is C21H20N4O2. The molecule has 0 aliphatic rings. The van der Waals surface area contributed by atoms with Crippen molar-refractivity contribution < 1.29 is 9.47 Å². The molecule has 6 heteroatoms. The summed E-state index contributed by atoms with van der Waals surface area (Å²) in [5.74, 6) is 0.467. The van der Waals surface area contributed by atoms with Crippen LogP contribution in [0.25, 0.3) is 0 Å². The number of rotatable bonds is 8. The summed E-state index contributed by atoms with van der Waals surface area (Å²) in [6.07, 6.45) is 0.414. The monoisotopic (exact) mass is 360 g/mol. The maximum atomic E-state index is 9.09. The Bertz CT molecular complexity index is 889. The van der Waals surface area contributed by atoms with Crippen LogP contribution >= 0.6 is 0 Å². The van der Waals surface area contributed by atoms with Gasteiger partial charge in [-0.3, -0.25) is 0 Å². The van der Waals surface area contributed by atoms with Crippen LogP contribution in [0.3, 0.4) is 0 Å². The topological polar surface area (TPSA) is 116 Å². The second-order valence-electron chi connectivity index (χ2n) is 5.74. The minimum Gasteiger partial charge on any atom is -0.453 e. The molecule has 0 aliphatic carbocycles. The van der Waals surface area contributed by atoms with Crippen molar-refractivity contribution in [2.75, 3.05) is 6.61 Å². The second-order valence-corrected chi connectivity index (χ2v) is 5.74. The zero-order valence-corrected chi connectivity index (χ0v) is 15.0. The number of nitriles is 2. The van der Waals surface area contributed by atoms with Crippen LogP contribution < -0.4 is 10.5 Å². The Morgan fingerprint density at radius 3 is 2.26 bits per heavy atom. The molecule has 0 bridgehead atoms. The summed E-state index contributed by atoms with van der Waals surface area (Å²) in [5.41, 5.74) is 8.19. The lowest BCUT2D eigenvalue weighted by molar-refractivity contribution is 0.139. The smallest absolute Gasteiger partial charge is 0.169 e. The standard InChI is InChI=1S/C21H20N4O2/c1-2-19(24)21(20(25)14-26-13-15-6-4-3-5-7-15)27-18-9-16(11-22)8-17(10-18)12-23/h3-10,24H,2,13-14,25H2,1H3/b21-20+,24-19?. The first-order valence-corrected chi connectivity index (χ1v) is 8.38. The number of nitrogens with two attached hydrogens (primary N) is 1. The van der Waals surface area contributed by atoms with Crippen molar-refractivity contribution in [1.82, 2.24) is 0 Å². The molecule has 0 saturated carbocycles. The number of benzene rings is 2. The number of allylic oxidation sites excluding steroid dienone is 1. The lowest BCUT2D eigenvalue weighted by atomic mass is 10.1. The molecule has 0 aromatic heterocycles. The van der Waals surface area contributed by atoms with E-state index in [1.165, 1.54) is 18.2 Å². The van der Waals surface area contributed by atoms with Crippen molar-refractivity contribution in [2.24, 2.45) is 5.73 Å². The molecule has 2 rings (SSSR count). The summed E-state index contributed by atoms with van der Waals surface area (Å²) in [5, 5.41) is 26.3. The minimum absolute atomic E-state index is 0.0929. The van der Waals surface area contributed by atoms with E-state index in [0.29, 0.717) is 24.2 Å². The third kappa shape index (κ3) is 5.71. The van der Waals surface area contributed by atoms with Crippen molar-refractivity contribution in [3.05, 3.63) is 76.7 Å². The molecule has 136 valence electrons.